The van der Waals surface area contributed by atoms with E-state index in [1.54, 1.807) is 13.8 Å². The van der Waals surface area contributed by atoms with Crippen LogP contribution in [0.15, 0.2) is 0 Å². The average molecular weight is 474 g/mol. The van der Waals surface area contributed by atoms with Crippen molar-refractivity contribution < 1.29 is 39.0 Å². The maximum absolute atomic E-state index is 12.9. The summed E-state index contributed by atoms with van der Waals surface area (Å²) in [5.41, 5.74) is 10.7. The van der Waals surface area contributed by atoms with Crippen LogP contribution in [0, 0.1) is 11.8 Å². The van der Waals surface area contributed by atoms with Crippen molar-refractivity contribution in [3.63, 3.8) is 0 Å². The smallest absolute Gasteiger partial charge is 0.326 e. The molecular formula is C20H35N5O8. The third-order valence-corrected chi connectivity index (χ3v) is 4.61. The Labute approximate surface area is 192 Å². The predicted molar refractivity (Wildman–Crippen MR) is 116 cm³/mol. The molecule has 0 bridgehead atoms. The first-order valence-corrected chi connectivity index (χ1v) is 10.5. The molecule has 13 heteroatoms. The van der Waals surface area contributed by atoms with Crippen molar-refractivity contribution in [3.05, 3.63) is 0 Å². The van der Waals surface area contributed by atoms with Crippen LogP contribution in [0.25, 0.3) is 0 Å². The first kappa shape index (κ1) is 29.8. The molecule has 4 atom stereocenters. The van der Waals surface area contributed by atoms with Crippen molar-refractivity contribution in [2.75, 3.05) is 0 Å². The van der Waals surface area contributed by atoms with Crippen LogP contribution < -0.4 is 27.4 Å². The molecule has 0 spiro atoms. The number of hydrogen-bond donors (Lipinski definition) is 7. The molecule has 13 nitrogen and oxygen atoms in total. The molecule has 0 saturated carbocycles. The number of amides is 4. The van der Waals surface area contributed by atoms with Crippen LogP contribution in [0.2, 0.25) is 0 Å². The first-order chi connectivity index (χ1) is 15.1. The summed E-state index contributed by atoms with van der Waals surface area (Å²) in [5.74, 6) is -6.24. The van der Waals surface area contributed by atoms with Gasteiger partial charge in [0.25, 0.3) is 0 Å². The average Bonchev–Trinajstić information content (AvgIpc) is 2.67. The summed E-state index contributed by atoms with van der Waals surface area (Å²) in [6, 6.07) is -4.94. The molecule has 0 aliphatic rings. The zero-order valence-corrected chi connectivity index (χ0v) is 19.3. The fourth-order valence-electron chi connectivity index (χ4n) is 2.84. The lowest BCUT2D eigenvalue weighted by atomic mass is 9.99. The van der Waals surface area contributed by atoms with Gasteiger partial charge >= 0.3 is 11.9 Å². The predicted octanol–water partition coefficient (Wildman–Crippen LogP) is -1.70. The molecule has 33 heavy (non-hydrogen) atoms. The van der Waals surface area contributed by atoms with Crippen molar-refractivity contribution in [2.45, 2.75) is 77.5 Å². The summed E-state index contributed by atoms with van der Waals surface area (Å²) >= 11 is 0. The van der Waals surface area contributed by atoms with Crippen LogP contribution in [0.1, 0.15) is 53.4 Å². The Bertz CT molecular complexity index is 740. The second-order valence-electron chi connectivity index (χ2n) is 8.53. The normalized spacial score (nSPS) is 14.6. The summed E-state index contributed by atoms with van der Waals surface area (Å²) in [6.45, 7) is 6.86. The molecular weight excluding hydrogens is 438 g/mol. The zero-order valence-electron chi connectivity index (χ0n) is 19.3. The van der Waals surface area contributed by atoms with Crippen LogP contribution in [-0.4, -0.2) is 69.9 Å². The number of carboxylic acids is 2. The van der Waals surface area contributed by atoms with Crippen molar-refractivity contribution in [2.24, 2.45) is 23.3 Å². The highest BCUT2D eigenvalue weighted by molar-refractivity contribution is 5.95. The molecule has 0 radical (unpaired) electrons. The number of hydrogen-bond acceptors (Lipinski definition) is 7. The highest BCUT2D eigenvalue weighted by Gasteiger charge is 2.32. The number of nitrogens with one attached hydrogen (secondary N) is 3. The Morgan fingerprint density at radius 3 is 1.79 bits per heavy atom. The summed E-state index contributed by atoms with van der Waals surface area (Å²) in [6.07, 6.45) is -0.860. The zero-order chi connectivity index (χ0) is 25.9. The second-order valence-corrected chi connectivity index (χ2v) is 8.53. The Kier molecular flexibility index (Phi) is 12.7. The van der Waals surface area contributed by atoms with E-state index in [2.05, 4.69) is 16.0 Å². The fourth-order valence-corrected chi connectivity index (χ4v) is 2.84. The Morgan fingerprint density at radius 1 is 0.818 bits per heavy atom. The summed E-state index contributed by atoms with van der Waals surface area (Å²) < 4.78 is 0. The molecule has 0 aliphatic heterocycles. The van der Waals surface area contributed by atoms with Crippen molar-refractivity contribution in [3.8, 4) is 0 Å². The highest BCUT2D eigenvalue weighted by atomic mass is 16.4. The minimum atomic E-state index is -1.56. The van der Waals surface area contributed by atoms with Gasteiger partial charge in [-0.05, 0) is 24.7 Å². The van der Waals surface area contributed by atoms with Gasteiger partial charge in [0.1, 0.15) is 18.1 Å². The van der Waals surface area contributed by atoms with Crippen LogP contribution >= 0.6 is 0 Å². The van der Waals surface area contributed by atoms with Crippen LogP contribution in [0.4, 0.5) is 0 Å². The Hall–Kier alpha value is -3.22. The van der Waals surface area contributed by atoms with E-state index in [4.69, 9.17) is 16.6 Å². The number of carbonyl (C=O) groups is 6. The van der Waals surface area contributed by atoms with E-state index in [0.717, 1.165) is 0 Å². The molecule has 4 amide bonds. The molecule has 0 heterocycles. The van der Waals surface area contributed by atoms with Crippen molar-refractivity contribution in [1.29, 1.82) is 0 Å². The van der Waals surface area contributed by atoms with Gasteiger partial charge in [-0.2, -0.15) is 0 Å². The first-order valence-electron chi connectivity index (χ1n) is 10.5. The molecule has 0 aromatic carbocycles. The van der Waals surface area contributed by atoms with Gasteiger partial charge in [0.15, 0.2) is 0 Å². The molecule has 0 saturated heterocycles. The maximum atomic E-state index is 12.9. The van der Waals surface area contributed by atoms with Gasteiger partial charge in [0, 0.05) is 6.42 Å². The van der Waals surface area contributed by atoms with Crippen LogP contribution in [-0.2, 0) is 28.8 Å². The summed E-state index contributed by atoms with van der Waals surface area (Å²) in [7, 11) is 0. The van der Waals surface area contributed by atoms with Gasteiger partial charge in [-0.15, -0.1) is 0 Å². The van der Waals surface area contributed by atoms with E-state index in [0.29, 0.717) is 0 Å². The van der Waals surface area contributed by atoms with Gasteiger partial charge in [0.05, 0.1) is 12.5 Å². The molecule has 0 rings (SSSR count). The van der Waals surface area contributed by atoms with Gasteiger partial charge < -0.3 is 37.6 Å². The molecule has 4 unspecified atom stereocenters. The molecule has 0 aromatic heterocycles. The van der Waals surface area contributed by atoms with Gasteiger partial charge in [-0.3, -0.25) is 24.0 Å². The van der Waals surface area contributed by atoms with E-state index in [9.17, 15) is 33.9 Å². The number of aliphatic carboxylic acids is 2. The lowest BCUT2D eigenvalue weighted by Crippen LogP contribution is -2.58. The number of carboxylic acid groups (broad SMARTS) is 2. The van der Waals surface area contributed by atoms with Gasteiger partial charge in [-0.1, -0.05) is 27.7 Å². The molecule has 9 N–H and O–H groups in total. The third kappa shape index (κ3) is 11.8. The summed E-state index contributed by atoms with van der Waals surface area (Å²) in [4.78, 5) is 70.9. The quantitative estimate of drug-likeness (QED) is 0.143. The third-order valence-electron chi connectivity index (χ3n) is 4.61. The number of carbonyl (C=O) groups excluding carboxylic acids is 4. The molecule has 188 valence electrons. The van der Waals surface area contributed by atoms with E-state index < -0.39 is 72.1 Å². The van der Waals surface area contributed by atoms with Crippen LogP contribution in [0.3, 0.4) is 0 Å². The maximum Gasteiger partial charge on any atom is 0.326 e. The second kappa shape index (κ2) is 14.0. The Balaban J connectivity index is 5.41. The lowest BCUT2D eigenvalue weighted by molar-refractivity contribution is -0.144. The minimum absolute atomic E-state index is 0.0328. The molecule has 0 aliphatic carbocycles. The van der Waals surface area contributed by atoms with Crippen molar-refractivity contribution in [1.82, 2.24) is 16.0 Å². The standard InChI is InChI=1S/C20H35N5O8/c1-9(2)7-12(23-17(29)11(21)5-6-15(27)28)18(30)25-16(10(3)4)19(31)24-13(20(32)33)8-14(22)26/h9-13,16H,5-8,21H2,1-4H3,(H2,22,26)(H,23,29)(H,24,31)(H,25,30)(H,27,28)(H,32,33). The van der Waals surface area contributed by atoms with Crippen LogP contribution in [0.5, 0.6) is 0 Å². The Morgan fingerprint density at radius 2 is 1.36 bits per heavy atom. The topological polar surface area (TPSA) is 231 Å². The largest absolute Gasteiger partial charge is 0.481 e. The highest BCUT2D eigenvalue weighted by Crippen LogP contribution is 2.09. The number of primary amides is 1. The molecule has 0 fully saturated rings. The fraction of sp³-hybridized carbons (Fsp3) is 0.700. The van der Waals surface area contributed by atoms with E-state index in [1.165, 1.54) is 0 Å². The molecule has 0 aromatic rings. The van der Waals surface area contributed by atoms with E-state index in [-0.39, 0.29) is 25.2 Å². The number of rotatable bonds is 15. The SMILES string of the molecule is CC(C)CC(NC(=O)C(N)CCC(=O)O)C(=O)NC(C(=O)NC(CC(N)=O)C(=O)O)C(C)C. The summed E-state index contributed by atoms with van der Waals surface area (Å²) in [5, 5.41) is 25.1. The van der Waals surface area contributed by atoms with Gasteiger partial charge in [0.2, 0.25) is 23.6 Å². The number of nitrogens with two attached hydrogens (primary N) is 2. The minimum Gasteiger partial charge on any atom is -0.481 e. The van der Waals surface area contributed by atoms with E-state index in [1.807, 2.05) is 13.8 Å². The monoisotopic (exact) mass is 473 g/mol. The lowest BCUT2D eigenvalue weighted by Gasteiger charge is -2.27. The van der Waals surface area contributed by atoms with Gasteiger partial charge in [-0.25, -0.2) is 4.79 Å². The van der Waals surface area contributed by atoms with E-state index >= 15 is 0 Å². The van der Waals surface area contributed by atoms with Crippen molar-refractivity contribution >= 4 is 35.6 Å².